The molecule has 0 bridgehead atoms. The van der Waals surface area contributed by atoms with Gasteiger partial charge < -0.3 is 15.8 Å². The van der Waals surface area contributed by atoms with E-state index in [2.05, 4.69) is 20.2 Å². The molecule has 1 fully saturated rings. The molecule has 1 aliphatic rings. The van der Waals surface area contributed by atoms with Gasteiger partial charge in [-0.3, -0.25) is 4.90 Å². The van der Waals surface area contributed by atoms with Crippen LogP contribution in [0.3, 0.4) is 0 Å². The van der Waals surface area contributed by atoms with Crippen molar-refractivity contribution in [1.29, 1.82) is 0 Å². The van der Waals surface area contributed by atoms with Crippen LogP contribution in [0.1, 0.15) is 0 Å². The molecule has 3 N–H and O–H groups in total. The van der Waals surface area contributed by atoms with Crippen molar-refractivity contribution in [2.75, 3.05) is 50.4 Å². The topological polar surface area (TPSA) is 76.3 Å². The Morgan fingerprint density at radius 3 is 2.86 bits per heavy atom. The summed E-state index contributed by atoms with van der Waals surface area (Å²) >= 11 is 0. The lowest BCUT2D eigenvalue weighted by Gasteiger charge is -2.26. The molecular weight excluding hydrogens is 278 g/mol. The van der Waals surface area contributed by atoms with Gasteiger partial charge in [0.05, 0.1) is 18.9 Å². The second kappa shape index (κ2) is 7.20. The van der Waals surface area contributed by atoms with Crippen LogP contribution in [0.25, 0.3) is 11.3 Å². The summed E-state index contributed by atoms with van der Waals surface area (Å²) in [5, 5.41) is 3.35. The maximum Gasteiger partial charge on any atom is 0.129 e. The number of nitrogens with two attached hydrogens (primary N) is 1. The molecule has 3 rings (SSSR count). The lowest BCUT2D eigenvalue weighted by atomic mass is 10.1. The predicted octanol–water partition coefficient (Wildman–Crippen LogP) is 1.47. The van der Waals surface area contributed by atoms with Gasteiger partial charge in [-0.15, -0.1) is 0 Å². The van der Waals surface area contributed by atoms with Crippen molar-refractivity contribution in [3.63, 3.8) is 0 Å². The first-order valence-corrected chi connectivity index (χ1v) is 7.53. The van der Waals surface area contributed by atoms with Crippen molar-refractivity contribution in [3.8, 4) is 11.3 Å². The minimum absolute atomic E-state index is 0.734. The minimum Gasteiger partial charge on any atom is -0.399 e. The smallest absolute Gasteiger partial charge is 0.129 e. The number of anilines is 2. The highest BCUT2D eigenvalue weighted by atomic mass is 16.5. The highest BCUT2D eigenvalue weighted by Gasteiger charge is 2.09. The molecule has 0 amide bonds. The molecule has 0 radical (unpaired) electrons. The van der Waals surface area contributed by atoms with E-state index in [1.165, 1.54) is 0 Å². The summed E-state index contributed by atoms with van der Waals surface area (Å²) in [6, 6.07) is 9.66. The Kier molecular flexibility index (Phi) is 4.82. The van der Waals surface area contributed by atoms with Crippen LogP contribution in [0.15, 0.2) is 36.7 Å². The van der Waals surface area contributed by atoms with Crippen molar-refractivity contribution < 1.29 is 4.74 Å². The number of nitrogens with one attached hydrogen (secondary N) is 1. The number of nitrogen functional groups attached to an aromatic ring is 1. The Morgan fingerprint density at radius 2 is 2.05 bits per heavy atom. The van der Waals surface area contributed by atoms with Gasteiger partial charge in [-0.2, -0.15) is 0 Å². The van der Waals surface area contributed by atoms with Gasteiger partial charge in [0.15, 0.2) is 0 Å². The monoisotopic (exact) mass is 299 g/mol. The summed E-state index contributed by atoms with van der Waals surface area (Å²) in [6.07, 6.45) is 1.58. The van der Waals surface area contributed by atoms with Crippen LogP contribution in [0.5, 0.6) is 0 Å². The van der Waals surface area contributed by atoms with E-state index in [1.54, 1.807) is 6.33 Å². The summed E-state index contributed by atoms with van der Waals surface area (Å²) in [4.78, 5) is 11.0. The molecule has 6 nitrogen and oxygen atoms in total. The second-order valence-corrected chi connectivity index (χ2v) is 5.29. The summed E-state index contributed by atoms with van der Waals surface area (Å²) in [5.74, 6) is 0.834. The lowest BCUT2D eigenvalue weighted by molar-refractivity contribution is 0.0398. The molecule has 1 aliphatic heterocycles. The number of benzene rings is 1. The molecule has 1 aromatic heterocycles. The van der Waals surface area contributed by atoms with Crippen molar-refractivity contribution in [2.45, 2.75) is 0 Å². The number of hydrogen-bond acceptors (Lipinski definition) is 6. The van der Waals surface area contributed by atoms with E-state index in [0.717, 1.165) is 62.2 Å². The SMILES string of the molecule is Nc1cccc(-c2cc(NCCN3CCOCC3)ncn2)c1. The summed E-state index contributed by atoms with van der Waals surface area (Å²) in [6.45, 7) is 5.49. The van der Waals surface area contributed by atoms with E-state index in [4.69, 9.17) is 10.5 Å². The molecule has 2 heterocycles. The van der Waals surface area contributed by atoms with E-state index < -0.39 is 0 Å². The zero-order chi connectivity index (χ0) is 15.2. The average molecular weight is 299 g/mol. The standard InChI is InChI=1S/C16H21N5O/c17-14-3-1-2-13(10-14)15-11-16(20-12-19-15)18-4-5-21-6-8-22-9-7-21/h1-3,10-12H,4-9,17H2,(H,18,19,20). The third-order valence-corrected chi connectivity index (χ3v) is 3.69. The van der Waals surface area contributed by atoms with E-state index in [9.17, 15) is 0 Å². The number of nitrogens with zero attached hydrogens (tertiary/aromatic N) is 3. The van der Waals surface area contributed by atoms with Gasteiger partial charge in [0.25, 0.3) is 0 Å². The van der Waals surface area contributed by atoms with Gasteiger partial charge in [0, 0.05) is 43.5 Å². The van der Waals surface area contributed by atoms with Crippen LogP contribution >= 0.6 is 0 Å². The minimum atomic E-state index is 0.734. The first-order valence-electron chi connectivity index (χ1n) is 7.53. The third-order valence-electron chi connectivity index (χ3n) is 3.69. The molecule has 0 saturated carbocycles. The van der Waals surface area contributed by atoms with Crippen molar-refractivity contribution in [3.05, 3.63) is 36.7 Å². The zero-order valence-corrected chi connectivity index (χ0v) is 12.5. The Hall–Kier alpha value is -2.18. The van der Waals surface area contributed by atoms with Crippen molar-refractivity contribution in [1.82, 2.24) is 14.9 Å². The summed E-state index contributed by atoms with van der Waals surface area (Å²) in [7, 11) is 0. The molecule has 6 heteroatoms. The predicted molar refractivity (Wildman–Crippen MR) is 87.6 cm³/mol. The maximum atomic E-state index is 5.82. The first-order chi connectivity index (χ1) is 10.8. The number of rotatable bonds is 5. The molecule has 22 heavy (non-hydrogen) atoms. The average Bonchev–Trinajstić information content (AvgIpc) is 2.56. The Bertz CT molecular complexity index is 613. The number of aromatic nitrogens is 2. The quantitative estimate of drug-likeness (QED) is 0.814. The molecule has 116 valence electrons. The van der Waals surface area contributed by atoms with Gasteiger partial charge >= 0.3 is 0 Å². The number of ether oxygens (including phenoxy) is 1. The van der Waals surface area contributed by atoms with Gasteiger partial charge in [-0.1, -0.05) is 12.1 Å². The molecule has 0 aliphatic carbocycles. The Labute approximate surface area is 130 Å². The van der Waals surface area contributed by atoms with Gasteiger partial charge in [0.2, 0.25) is 0 Å². The summed E-state index contributed by atoms with van der Waals surface area (Å²) in [5.41, 5.74) is 8.43. The van der Waals surface area contributed by atoms with Crippen LogP contribution in [-0.4, -0.2) is 54.3 Å². The normalized spacial score (nSPS) is 15.6. The van der Waals surface area contributed by atoms with Crippen LogP contribution < -0.4 is 11.1 Å². The highest BCUT2D eigenvalue weighted by Crippen LogP contribution is 2.20. The van der Waals surface area contributed by atoms with E-state index in [-0.39, 0.29) is 0 Å². The van der Waals surface area contributed by atoms with Gasteiger partial charge in [-0.05, 0) is 12.1 Å². The van der Waals surface area contributed by atoms with E-state index in [1.807, 2.05) is 30.3 Å². The van der Waals surface area contributed by atoms with Crippen LogP contribution in [0.2, 0.25) is 0 Å². The van der Waals surface area contributed by atoms with Crippen LogP contribution in [0, 0.1) is 0 Å². The van der Waals surface area contributed by atoms with Gasteiger partial charge in [0.1, 0.15) is 12.1 Å². The molecule has 0 atom stereocenters. The lowest BCUT2D eigenvalue weighted by Crippen LogP contribution is -2.39. The molecule has 0 unspecified atom stereocenters. The van der Waals surface area contributed by atoms with E-state index in [0.29, 0.717) is 0 Å². The zero-order valence-electron chi connectivity index (χ0n) is 12.5. The Balaban J connectivity index is 1.59. The fraction of sp³-hybridized carbons (Fsp3) is 0.375. The molecule has 1 saturated heterocycles. The van der Waals surface area contributed by atoms with Crippen LogP contribution in [0.4, 0.5) is 11.5 Å². The van der Waals surface area contributed by atoms with Crippen molar-refractivity contribution >= 4 is 11.5 Å². The highest BCUT2D eigenvalue weighted by molar-refractivity contribution is 5.65. The molecular formula is C16H21N5O. The van der Waals surface area contributed by atoms with Crippen molar-refractivity contribution in [2.24, 2.45) is 0 Å². The largest absolute Gasteiger partial charge is 0.399 e. The number of morpholine rings is 1. The van der Waals surface area contributed by atoms with Crippen LogP contribution in [-0.2, 0) is 4.74 Å². The maximum absolute atomic E-state index is 5.82. The van der Waals surface area contributed by atoms with Gasteiger partial charge in [-0.25, -0.2) is 9.97 Å². The first kappa shape index (κ1) is 14.7. The second-order valence-electron chi connectivity index (χ2n) is 5.29. The fourth-order valence-electron chi connectivity index (χ4n) is 2.48. The molecule has 1 aromatic carbocycles. The molecule has 0 spiro atoms. The molecule has 2 aromatic rings. The Morgan fingerprint density at radius 1 is 1.18 bits per heavy atom. The number of hydrogen-bond donors (Lipinski definition) is 2. The van der Waals surface area contributed by atoms with E-state index >= 15 is 0 Å². The third kappa shape index (κ3) is 3.93. The fourth-order valence-corrected chi connectivity index (χ4v) is 2.48. The summed E-state index contributed by atoms with van der Waals surface area (Å²) < 4.78 is 5.35.